The van der Waals surface area contributed by atoms with E-state index in [1.807, 2.05) is 30.3 Å². The third-order valence-electron chi connectivity index (χ3n) is 4.10. The summed E-state index contributed by atoms with van der Waals surface area (Å²) in [5, 5.41) is 0. The van der Waals surface area contributed by atoms with Gasteiger partial charge in [-0.1, -0.05) is 48.5 Å². The molecule has 26 heavy (non-hydrogen) atoms. The summed E-state index contributed by atoms with van der Waals surface area (Å²) in [5.74, 6) is -0.773. The maximum Gasteiger partial charge on any atom is 0.410 e. The zero-order valence-electron chi connectivity index (χ0n) is 14.2. The van der Waals surface area contributed by atoms with Crippen LogP contribution in [0.2, 0.25) is 0 Å². The number of Topliss-reactive ketones (excluding diaryl/α,β-unsaturated/α-hetero) is 1. The second-order valence-electron chi connectivity index (χ2n) is 5.96. The number of carbonyl (C=O) groups excluding carboxylic acids is 3. The average Bonchev–Trinajstić information content (AvgIpc) is 2.69. The lowest BCUT2D eigenvalue weighted by atomic mass is 10.1. The van der Waals surface area contributed by atoms with Gasteiger partial charge in [-0.05, 0) is 17.7 Å². The molecule has 0 bridgehead atoms. The fourth-order valence-corrected chi connectivity index (χ4v) is 2.65. The van der Waals surface area contributed by atoms with Crippen LogP contribution in [-0.4, -0.2) is 41.9 Å². The highest BCUT2D eigenvalue weighted by Gasteiger charge is 2.33. The molecule has 0 spiro atoms. The van der Waals surface area contributed by atoms with Crippen molar-refractivity contribution in [3.63, 3.8) is 0 Å². The SMILES string of the molecule is O=C(O[C@@H]1CN(C(=O)OCc2ccccc2)CCC1=O)c1ccccc1. The van der Waals surface area contributed by atoms with Gasteiger partial charge in [-0.3, -0.25) is 4.79 Å². The van der Waals surface area contributed by atoms with Crippen molar-refractivity contribution in [3.05, 3.63) is 71.8 Å². The highest BCUT2D eigenvalue weighted by atomic mass is 16.6. The van der Waals surface area contributed by atoms with Crippen molar-refractivity contribution >= 4 is 17.8 Å². The Morgan fingerprint density at radius 2 is 1.65 bits per heavy atom. The fourth-order valence-electron chi connectivity index (χ4n) is 2.65. The predicted octanol–water partition coefficient (Wildman–Crippen LogP) is 2.82. The molecule has 1 heterocycles. The highest BCUT2D eigenvalue weighted by Crippen LogP contribution is 2.14. The first-order chi connectivity index (χ1) is 12.6. The largest absolute Gasteiger partial charge is 0.449 e. The Hall–Kier alpha value is -3.15. The van der Waals surface area contributed by atoms with E-state index in [2.05, 4.69) is 0 Å². The van der Waals surface area contributed by atoms with Crippen molar-refractivity contribution in [2.45, 2.75) is 19.1 Å². The standard InChI is InChI=1S/C20H19NO5/c22-17-11-12-21(20(24)25-14-15-7-3-1-4-8-15)13-18(17)26-19(23)16-9-5-2-6-10-16/h1-10,18H,11-14H2/t18-/m1/s1. The third kappa shape index (κ3) is 4.47. The fraction of sp³-hybridized carbons (Fsp3) is 0.250. The van der Waals surface area contributed by atoms with Gasteiger partial charge in [0.15, 0.2) is 11.9 Å². The predicted molar refractivity (Wildman–Crippen MR) is 93.5 cm³/mol. The van der Waals surface area contributed by atoms with Crippen LogP contribution < -0.4 is 0 Å². The summed E-state index contributed by atoms with van der Waals surface area (Å²) >= 11 is 0. The summed E-state index contributed by atoms with van der Waals surface area (Å²) < 4.78 is 10.6. The summed E-state index contributed by atoms with van der Waals surface area (Å²) in [4.78, 5) is 37.8. The van der Waals surface area contributed by atoms with E-state index in [9.17, 15) is 14.4 Å². The zero-order chi connectivity index (χ0) is 18.4. The van der Waals surface area contributed by atoms with E-state index in [0.29, 0.717) is 5.56 Å². The third-order valence-corrected chi connectivity index (χ3v) is 4.10. The van der Waals surface area contributed by atoms with Gasteiger partial charge in [0.1, 0.15) is 6.61 Å². The van der Waals surface area contributed by atoms with Gasteiger partial charge in [-0.25, -0.2) is 9.59 Å². The molecule has 0 aromatic heterocycles. The van der Waals surface area contributed by atoms with E-state index in [1.54, 1.807) is 30.3 Å². The lowest BCUT2D eigenvalue weighted by molar-refractivity contribution is -0.131. The Bertz CT molecular complexity index is 775. The molecule has 3 rings (SSSR count). The number of rotatable bonds is 4. The summed E-state index contributed by atoms with van der Waals surface area (Å²) in [6.07, 6.45) is -1.37. The van der Waals surface area contributed by atoms with E-state index in [0.717, 1.165) is 5.56 Å². The van der Waals surface area contributed by atoms with Crippen molar-refractivity contribution < 1.29 is 23.9 Å². The van der Waals surface area contributed by atoms with Gasteiger partial charge < -0.3 is 14.4 Å². The molecule has 1 atom stereocenters. The van der Waals surface area contributed by atoms with Gasteiger partial charge >= 0.3 is 12.1 Å². The first-order valence-electron chi connectivity index (χ1n) is 8.38. The first-order valence-corrected chi connectivity index (χ1v) is 8.38. The Labute approximate surface area is 151 Å². The molecule has 0 saturated carbocycles. The summed E-state index contributed by atoms with van der Waals surface area (Å²) in [6, 6.07) is 17.8. The monoisotopic (exact) mass is 353 g/mol. The number of nitrogens with zero attached hydrogens (tertiary/aromatic N) is 1. The Morgan fingerprint density at radius 1 is 1.00 bits per heavy atom. The minimum Gasteiger partial charge on any atom is -0.449 e. The number of hydrogen-bond acceptors (Lipinski definition) is 5. The number of ketones is 1. The van der Waals surface area contributed by atoms with E-state index in [-0.39, 0.29) is 31.9 Å². The topological polar surface area (TPSA) is 72.9 Å². The molecule has 6 nitrogen and oxygen atoms in total. The molecular weight excluding hydrogens is 334 g/mol. The highest BCUT2D eigenvalue weighted by molar-refractivity contribution is 5.93. The maximum atomic E-state index is 12.2. The first kappa shape index (κ1) is 17.7. The van der Waals surface area contributed by atoms with Crippen molar-refractivity contribution in [3.8, 4) is 0 Å². The lowest BCUT2D eigenvalue weighted by Gasteiger charge is -2.30. The number of benzene rings is 2. The van der Waals surface area contributed by atoms with Crippen LogP contribution in [0.15, 0.2) is 60.7 Å². The smallest absolute Gasteiger partial charge is 0.410 e. The van der Waals surface area contributed by atoms with Gasteiger partial charge in [-0.15, -0.1) is 0 Å². The molecule has 1 amide bonds. The maximum absolute atomic E-state index is 12.2. The summed E-state index contributed by atoms with van der Waals surface area (Å²) in [6.45, 7) is 0.412. The second-order valence-corrected chi connectivity index (χ2v) is 5.96. The van der Waals surface area contributed by atoms with Gasteiger partial charge in [0.05, 0.1) is 12.1 Å². The lowest BCUT2D eigenvalue weighted by Crippen LogP contribution is -2.48. The number of likely N-dealkylation sites (tertiary alicyclic amines) is 1. The van der Waals surface area contributed by atoms with Crippen LogP contribution in [0, 0.1) is 0 Å². The van der Waals surface area contributed by atoms with Crippen LogP contribution >= 0.6 is 0 Å². The Balaban J connectivity index is 1.56. The Kier molecular flexibility index (Phi) is 5.63. The molecule has 2 aromatic rings. The molecule has 1 fully saturated rings. The molecule has 0 aliphatic carbocycles. The quantitative estimate of drug-likeness (QED) is 0.790. The minimum absolute atomic E-state index is 0.00499. The molecule has 2 aromatic carbocycles. The molecule has 6 heteroatoms. The van der Waals surface area contributed by atoms with Gasteiger partial charge in [0.2, 0.25) is 0 Å². The van der Waals surface area contributed by atoms with Crippen LogP contribution in [0.4, 0.5) is 4.79 Å². The van der Waals surface area contributed by atoms with Gasteiger partial charge in [-0.2, -0.15) is 0 Å². The number of hydrogen-bond donors (Lipinski definition) is 0. The normalized spacial score (nSPS) is 16.8. The average molecular weight is 353 g/mol. The molecular formula is C20H19NO5. The van der Waals surface area contributed by atoms with E-state index < -0.39 is 18.2 Å². The van der Waals surface area contributed by atoms with E-state index in [1.165, 1.54) is 4.90 Å². The van der Waals surface area contributed by atoms with Crippen molar-refractivity contribution in [2.24, 2.45) is 0 Å². The van der Waals surface area contributed by atoms with Crippen molar-refractivity contribution in [2.75, 3.05) is 13.1 Å². The minimum atomic E-state index is -0.972. The molecule has 0 unspecified atom stereocenters. The van der Waals surface area contributed by atoms with E-state index >= 15 is 0 Å². The van der Waals surface area contributed by atoms with E-state index in [4.69, 9.17) is 9.47 Å². The second kappa shape index (κ2) is 8.29. The Morgan fingerprint density at radius 3 is 2.35 bits per heavy atom. The molecule has 134 valence electrons. The van der Waals surface area contributed by atoms with Crippen molar-refractivity contribution in [1.82, 2.24) is 4.90 Å². The van der Waals surface area contributed by atoms with Crippen LogP contribution in [0.25, 0.3) is 0 Å². The molecule has 1 aliphatic rings. The molecule has 0 N–H and O–H groups in total. The number of amides is 1. The summed E-state index contributed by atoms with van der Waals surface area (Å²) in [7, 11) is 0. The number of piperidine rings is 1. The summed E-state index contributed by atoms with van der Waals surface area (Å²) in [5.41, 5.74) is 1.24. The zero-order valence-corrected chi connectivity index (χ0v) is 14.2. The number of carbonyl (C=O) groups is 3. The number of ether oxygens (including phenoxy) is 2. The van der Waals surface area contributed by atoms with Crippen LogP contribution in [0.1, 0.15) is 22.3 Å². The molecule has 1 aliphatic heterocycles. The van der Waals surface area contributed by atoms with Crippen LogP contribution in [0.5, 0.6) is 0 Å². The van der Waals surface area contributed by atoms with Crippen molar-refractivity contribution in [1.29, 1.82) is 0 Å². The molecule has 1 saturated heterocycles. The van der Waals surface area contributed by atoms with Gasteiger partial charge in [0.25, 0.3) is 0 Å². The number of esters is 1. The van der Waals surface area contributed by atoms with Gasteiger partial charge in [0, 0.05) is 13.0 Å². The molecule has 0 radical (unpaired) electrons. The van der Waals surface area contributed by atoms with Crippen LogP contribution in [0.3, 0.4) is 0 Å². The van der Waals surface area contributed by atoms with Crippen LogP contribution in [-0.2, 0) is 20.9 Å².